The minimum Gasteiger partial charge on any atom is -0.497 e. The van der Waals surface area contributed by atoms with Crippen molar-refractivity contribution in [3.63, 3.8) is 0 Å². The summed E-state index contributed by atoms with van der Waals surface area (Å²) < 4.78 is 5.22. The third-order valence-corrected chi connectivity index (χ3v) is 6.04. The Morgan fingerprint density at radius 2 is 1.82 bits per heavy atom. The number of amides is 2. The summed E-state index contributed by atoms with van der Waals surface area (Å²) in [5, 5.41) is 3.03. The molecule has 0 aliphatic carbocycles. The number of benzene rings is 1. The zero-order valence-corrected chi connectivity index (χ0v) is 17.2. The summed E-state index contributed by atoms with van der Waals surface area (Å²) in [4.78, 5) is 29.2. The van der Waals surface area contributed by atoms with Crippen molar-refractivity contribution in [2.45, 2.75) is 51.5 Å². The van der Waals surface area contributed by atoms with Gasteiger partial charge in [0.15, 0.2) is 0 Å². The van der Waals surface area contributed by atoms with Crippen LogP contribution in [0.3, 0.4) is 0 Å². The van der Waals surface area contributed by atoms with E-state index in [0.29, 0.717) is 18.4 Å². The standard InChI is InChI=1S/C22H33N3O3/c1-3-5-21(26)25-14-10-19(11-15-25)24-12-8-17(9-13-24)22(27)23-18-6-4-7-20(16-18)28-2/h4,6-7,16-17,19H,3,5,8-15H2,1-2H3,(H,23,27). The number of methoxy groups -OCH3 is 1. The number of nitrogens with one attached hydrogen (secondary N) is 1. The van der Waals surface area contributed by atoms with Gasteiger partial charge in [-0.1, -0.05) is 13.0 Å². The van der Waals surface area contributed by atoms with Crippen molar-refractivity contribution >= 4 is 17.5 Å². The maximum absolute atomic E-state index is 12.6. The number of rotatable bonds is 6. The van der Waals surface area contributed by atoms with E-state index in [9.17, 15) is 9.59 Å². The molecule has 2 saturated heterocycles. The lowest BCUT2D eigenvalue weighted by Gasteiger charge is -2.41. The predicted molar refractivity (Wildman–Crippen MR) is 110 cm³/mol. The van der Waals surface area contributed by atoms with Crippen LogP contribution in [-0.2, 0) is 9.59 Å². The van der Waals surface area contributed by atoms with Crippen molar-refractivity contribution < 1.29 is 14.3 Å². The van der Waals surface area contributed by atoms with Crippen LogP contribution < -0.4 is 10.1 Å². The lowest BCUT2D eigenvalue weighted by atomic mass is 9.92. The van der Waals surface area contributed by atoms with Crippen molar-refractivity contribution in [3.05, 3.63) is 24.3 Å². The van der Waals surface area contributed by atoms with Crippen LogP contribution in [0.5, 0.6) is 5.75 Å². The van der Waals surface area contributed by atoms with E-state index in [4.69, 9.17) is 4.74 Å². The number of likely N-dealkylation sites (tertiary alicyclic amines) is 2. The summed E-state index contributed by atoms with van der Waals surface area (Å²) in [6.07, 6.45) is 5.48. The molecule has 0 atom stereocenters. The zero-order chi connectivity index (χ0) is 19.9. The molecule has 1 N–H and O–H groups in total. The summed E-state index contributed by atoms with van der Waals surface area (Å²) in [6, 6.07) is 8.04. The van der Waals surface area contributed by atoms with Crippen LogP contribution >= 0.6 is 0 Å². The highest BCUT2D eigenvalue weighted by molar-refractivity contribution is 5.92. The van der Waals surface area contributed by atoms with Crippen molar-refractivity contribution in [1.29, 1.82) is 0 Å². The van der Waals surface area contributed by atoms with Crippen LogP contribution in [0.4, 0.5) is 5.69 Å². The molecule has 28 heavy (non-hydrogen) atoms. The van der Waals surface area contributed by atoms with E-state index in [1.807, 2.05) is 29.2 Å². The first-order valence-corrected chi connectivity index (χ1v) is 10.6. The molecule has 1 aromatic carbocycles. The SMILES string of the molecule is CCCC(=O)N1CCC(N2CCC(C(=O)Nc3cccc(OC)c3)CC2)CC1. The Morgan fingerprint density at radius 3 is 2.46 bits per heavy atom. The van der Waals surface area contributed by atoms with E-state index in [1.54, 1.807) is 7.11 Å². The van der Waals surface area contributed by atoms with E-state index in [0.717, 1.165) is 69.7 Å². The molecule has 6 heteroatoms. The first-order chi connectivity index (χ1) is 13.6. The van der Waals surface area contributed by atoms with Gasteiger partial charge < -0.3 is 19.9 Å². The van der Waals surface area contributed by atoms with Crippen LogP contribution in [0.2, 0.25) is 0 Å². The van der Waals surface area contributed by atoms with E-state index in [2.05, 4.69) is 17.1 Å². The van der Waals surface area contributed by atoms with Gasteiger partial charge in [0.1, 0.15) is 5.75 Å². The number of anilines is 1. The van der Waals surface area contributed by atoms with Crippen molar-refractivity contribution in [2.75, 3.05) is 38.6 Å². The molecule has 0 bridgehead atoms. The topological polar surface area (TPSA) is 61.9 Å². The Labute approximate surface area is 168 Å². The summed E-state index contributed by atoms with van der Waals surface area (Å²) in [5.41, 5.74) is 0.788. The molecule has 6 nitrogen and oxygen atoms in total. The second-order valence-corrected chi connectivity index (χ2v) is 7.89. The third-order valence-electron chi connectivity index (χ3n) is 6.04. The number of carbonyl (C=O) groups excluding carboxylic acids is 2. The maximum Gasteiger partial charge on any atom is 0.227 e. The summed E-state index contributed by atoms with van der Waals surface area (Å²) >= 11 is 0. The van der Waals surface area contributed by atoms with Gasteiger partial charge in [-0.15, -0.1) is 0 Å². The van der Waals surface area contributed by atoms with Gasteiger partial charge in [-0.2, -0.15) is 0 Å². The summed E-state index contributed by atoms with van der Waals surface area (Å²) in [7, 11) is 1.63. The first kappa shape index (κ1) is 20.6. The van der Waals surface area contributed by atoms with Gasteiger partial charge in [-0.3, -0.25) is 9.59 Å². The molecule has 3 rings (SSSR count). The summed E-state index contributed by atoms with van der Waals surface area (Å²) in [5.74, 6) is 1.21. The molecule has 154 valence electrons. The van der Waals surface area contributed by atoms with Gasteiger partial charge in [-0.05, 0) is 57.3 Å². The largest absolute Gasteiger partial charge is 0.497 e. The monoisotopic (exact) mass is 387 g/mol. The zero-order valence-electron chi connectivity index (χ0n) is 17.2. The second-order valence-electron chi connectivity index (χ2n) is 7.89. The number of hydrogen-bond donors (Lipinski definition) is 1. The highest BCUT2D eigenvalue weighted by Crippen LogP contribution is 2.26. The van der Waals surface area contributed by atoms with Gasteiger partial charge in [0, 0.05) is 43.2 Å². The molecule has 2 aliphatic rings. The fraction of sp³-hybridized carbons (Fsp3) is 0.636. The van der Waals surface area contributed by atoms with Gasteiger partial charge in [0.2, 0.25) is 11.8 Å². The minimum absolute atomic E-state index is 0.0636. The van der Waals surface area contributed by atoms with E-state index >= 15 is 0 Å². The van der Waals surface area contributed by atoms with Crippen molar-refractivity contribution in [1.82, 2.24) is 9.80 Å². The smallest absolute Gasteiger partial charge is 0.227 e. The van der Waals surface area contributed by atoms with Crippen LogP contribution in [0, 0.1) is 5.92 Å². The quantitative estimate of drug-likeness (QED) is 0.815. The predicted octanol–water partition coefficient (Wildman–Crippen LogP) is 3.14. The van der Waals surface area contributed by atoms with E-state index in [1.165, 1.54) is 0 Å². The lowest BCUT2D eigenvalue weighted by molar-refractivity contribution is -0.133. The molecular weight excluding hydrogens is 354 g/mol. The fourth-order valence-corrected chi connectivity index (χ4v) is 4.32. The molecule has 2 aliphatic heterocycles. The summed E-state index contributed by atoms with van der Waals surface area (Å²) in [6.45, 7) is 5.73. The van der Waals surface area contributed by atoms with Gasteiger partial charge in [0.25, 0.3) is 0 Å². The van der Waals surface area contributed by atoms with Crippen LogP contribution in [0.25, 0.3) is 0 Å². The Kier molecular flexibility index (Phi) is 7.31. The normalized spacial score (nSPS) is 19.4. The maximum atomic E-state index is 12.6. The number of hydrogen-bond acceptors (Lipinski definition) is 4. The Morgan fingerprint density at radius 1 is 1.11 bits per heavy atom. The van der Waals surface area contributed by atoms with Crippen LogP contribution in [0.15, 0.2) is 24.3 Å². The molecule has 0 spiro atoms. The molecule has 1 aromatic rings. The molecule has 2 heterocycles. The fourth-order valence-electron chi connectivity index (χ4n) is 4.32. The molecule has 0 aromatic heterocycles. The average molecular weight is 388 g/mol. The number of nitrogens with zero attached hydrogens (tertiary/aromatic N) is 2. The van der Waals surface area contributed by atoms with Crippen LogP contribution in [-0.4, -0.2) is 60.9 Å². The molecule has 2 fully saturated rings. The van der Waals surface area contributed by atoms with Gasteiger partial charge in [-0.25, -0.2) is 0 Å². The second kappa shape index (κ2) is 9.92. The Bertz CT molecular complexity index is 663. The Hall–Kier alpha value is -2.08. The average Bonchev–Trinajstić information content (AvgIpc) is 2.74. The van der Waals surface area contributed by atoms with Gasteiger partial charge >= 0.3 is 0 Å². The molecule has 2 amide bonds. The van der Waals surface area contributed by atoms with Gasteiger partial charge in [0.05, 0.1) is 7.11 Å². The highest BCUT2D eigenvalue weighted by Gasteiger charge is 2.31. The van der Waals surface area contributed by atoms with Crippen molar-refractivity contribution in [3.8, 4) is 5.75 Å². The van der Waals surface area contributed by atoms with Crippen LogP contribution in [0.1, 0.15) is 45.4 Å². The number of piperidine rings is 2. The molecular formula is C22H33N3O3. The lowest BCUT2D eigenvalue weighted by Crippen LogP contribution is -2.49. The highest BCUT2D eigenvalue weighted by atomic mass is 16.5. The Balaban J connectivity index is 1.43. The molecule has 0 saturated carbocycles. The third kappa shape index (κ3) is 5.25. The first-order valence-electron chi connectivity index (χ1n) is 10.6. The minimum atomic E-state index is 0.0636. The molecule has 0 unspecified atom stereocenters. The van der Waals surface area contributed by atoms with Crippen molar-refractivity contribution in [2.24, 2.45) is 5.92 Å². The number of carbonyl (C=O) groups is 2. The molecule has 0 radical (unpaired) electrons. The number of ether oxygens (including phenoxy) is 1. The van der Waals surface area contributed by atoms with E-state index in [-0.39, 0.29) is 11.8 Å². The van der Waals surface area contributed by atoms with E-state index < -0.39 is 0 Å².